The number of para-hydroxylation sites is 1. The van der Waals surface area contributed by atoms with E-state index in [2.05, 4.69) is 4.72 Å². The highest BCUT2D eigenvalue weighted by molar-refractivity contribution is 7.89. The number of fused-ring (bicyclic) bond motifs is 1. The van der Waals surface area contributed by atoms with Crippen molar-refractivity contribution in [2.24, 2.45) is 0 Å². The summed E-state index contributed by atoms with van der Waals surface area (Å²) in [4.78, 5) is 14.4. The van der Waals surface area contributed by atoms with Crippen LogP contribution >= 0.6 is 0 Å². The quantitative estimate of drug-likeness (QED) is 0.812. The number of anilines is 1. The summed E-state index contributed by atoms with van der Waals surface area (Å²) in [5.74, 6) is -0.197. The maximum atomic E-state index is 12.7. The van der Waals surface area contributed by atoms with Gasteiger partial charge < -0.3 is 4.90 Å². The summed E-state index contributed by atoms with van der Waals surface area (Å²) in [6.07, 6.45) is 2.02. The number of carbonyl (C=O) groups is 1. The summed E-state index contributed by atoms with van der Waals surface area (Å²) in [5.41, 5.74) is 3.12. The highest BCUT2D eigenvalue weighted by Crippen LogP contribution is 2.27. The molecule has 0 saturated heterocycles. The third-order valence-electron chi connectivity index (χ3n) is 4.60. The smallest absolute Gasteiger partial charge is 0.244 e. The van der Waals surface area contributed by atoms with E-state index in [9.17, 15) is 13.2 Å². The maximum Gasteiger partial charge on any atom is 0.244 e. The molecule has 0 bridgehead atoms. The van der Waals surface area contributed by atoms with Crippen molar-refractivity contribution in [1.29, 1.82) is 0 Å². The maximum absolute atomic E-state index is 12.7. The van der Waals surface area contributed by atoms with Gasteiger partial charge in [0, 0.05) is 12.2 Å². The fourth-order valence-corrected chi connectivity index (χ4v) is 4.57. The SMILES string of the molecule is C[C@@H](NS(=O)(=O)CCCc1ccccc1)C(=O)N1CCc2ccccc21. The van der Waals surface area contributed by atoms with E-state index in [-0.39, 0.29) is 11.7 Å². The predicted octanol–water partition coefficient (Wildman–Crippen LogP) is 2.52. The molecule has 1 atom stereocenters. The Bertz CT molecular complexity index is 866. The van der Waals surface area contributed by atoms with Gasteiger partial charge in [0.15, 0.2) is 0 Å². The zero-order valence-electron chi connectivity index (χ0n) is 14.9. The fourth-order valence-electron chi connectivity index (χ4n) is 3.29. The second-order valence-electron chi connectivity index (χ2n) is 6.62. The molecule has 0 aliphatic carbocycles. The Morgan fingerprint density at radius 1 is 1.12 bits per heavy atom. The molecule has 1 heterocycles. The van der Waals surface area contributed by atoms with Crippen LogP contribution in [-0.2, 0) is 27.7 Å². The number of hydrogen-bond donors (Lipinski definition) is 1. The van der Waals surface area contributed by atoms with Gasteiger partial charge >= 0.3 is 0 Å². The first-order valence-electron chi connectivity index (χ1n) is 8.89. The largest absolute Gasteiger partial charge is 0.310 e. The lowest BCUT2D eigenvalue weighted by Crippen LogP contribution is -2.47. The first-order valence-corrected chi connectivity index (χ1v) is 10.5. The van der Waals surface area contributed by atoms with Gasteiger partial charge in [-0.15, -0.1) is 0 Å². The van der Waals surface area contributed by atoms with Crippen LogP contribution < -0.4 is 9.62 Å². The highest BCUT2D eigenvalue weighted by Gasteiger charge is 2.29. The number of rotatable bonds is 7. The molecule has 0 aromatic heterocycles. The van der Waals surface area contributed by atoms with E-state index < -0.39 is 16.1 Å². The third-order valence-corrected chi connectivity index (χ3v) is 6.14. The van der Waals surface area contributed by atoms with Crippen LogP contribution in [0.15, 0.2) is 54.6 Å². The van der Waals surface area contributed by atoms with Gasteiger partial charge in [0.1, 0.15) is 0 Å². The number of amides is 1. The molecule has 1 N–H and O–H groups in total. The summed E-state index contributed by atoms with van der Waals surface area (Å²) in [6, 6.07) is 16.8. The van der Waals surface area contributed by atoms with Crippen molar-refractivity contribution >= 4 is 21.6 Å². The Kier molecular flexibility index (Phi) is 5.74. The van der Waals surface area contributed by atoms with E-state index in [0.717, 1.165) is 23.2 Å². The second kappa shape index (κ2) is 8.01. The van der Waals surface area contributed by atoms with Gasteiger partial charge in [0.25, 0.3) is 0 Å². The van der Waals surface area contributed by atoms with Crippen LogP contribution in [0.4, 0.5) is 5.69 Å². The minimum Gasteiger partial charge on any atom is -0.310 e. The van der Waals surface area contributed by atoms with E-state index in [0.29, 0.717) is 19.4 Å². The van der Waals surface area contributed by atoms with Crippen molar-refractivity contribution in [3.8, 4) is 0 Å². The molecule has 0 radical (unpaired) electrons. The molecule has 0 spiro atoms. The van der Waals surface area contributed by atoms with Crippen LogP contribution in [0.3, 0.4) is 0 Å². The first kappa shape index (κ1) is 18.6. The van der Waals surface area contributed by atoms with Gasteiger partial charge in [0.05, 0.1) is 11.8 Å². The molecule has 0 fully saturated rings. The fraction of sp³-hybridized carbons (Fsp3) is 0.350. The number of sulfonamides is 1. The number of nitrogens with one attached hydrogen (secondary N) is 1. The van der Waals surface area contributed by atoms with Gasteiger partial charge in [-0.1, -0.05) is 48.5 Å². The predicted molar refractivity (Wildman–Crippen MR) is 104 cm³/mol. The normalized spacial score (nSPS) is 14.9. The number of hydrogen-bond acceptors (Lipinski definition) is 3. The van der Waals surface area contributed by atoms with Crippen molar-refractivity contribution in [2.45, 2.75) is 32.2 Å². The molecule has 1 aliphatic rings. The minimum absolute atomic E-state index is 0.0100. The average Bonchev–Trinajstić information content (AvgIpc) is 3.05. The van der Waals surface area contributed by atoms with Crippen molar-refractivity contribution in [1.82, 2.24) is 4.72 Å². The molecular formula is C20H24N2O3S. The van der Waals surface area contributed by atoms with Gasteiger partial charge in [-0.2, -0.15) is 0 Å². The van der Waals surface area contributed by atoms with Gasteiger partial charge in [-0.25, -0.2) is 13.1 Å². The minimum atomic E-state index is -3.50. The second-order valence-corrected chi connectivity index (χ2v) is 8.49. The van der Waals surface area contributed by atoms with Crippen LogP contribution in [0.2, 0.25) is 0 Å². The Hall–Kier alpha value is -2.18. The summed E-state index contributed by atoms with van der Waals surface area (Å²) >= 11 is 0. The van der Waals surface area contributed by atoms with Crippen molar-refractivity contribution in [2.75, 3.05) is 17.2 Å². The van der Waals surface area contributed by atoms with E-state index >= 15 is 0 Å². The van der Waals surface area contributed by atoms with Crippen molar-refractivity contribution < 1.29 is 13.2 Å². The molecule has 0 saturated carbocycles. The molecule has 5 nitrogen and oxygen atoms in total. The molecular weight excluding hydrogens is 348 g/mol. The topological polar surface area (TPSA) is 66.5 Å². The zero-order valence-corrected chi connectivity index (χ0v) is 15.7. The summed E-state index contributed by atoms with van der Waals surface area (Å²) in [7, 11) is -3.50. The van der Waals surface area contributed by atoms with Crippen LogP contribution in [0, 0.1) is 0 Å². The average molecular weight is 372 g/mol. The van der Waals surface area contributed by atoms with Crippen molar-refractivity contribution in [3.05, 3.63) is 65.7 Å². The molecule has 138 valence electrons. The van der Waals surface area contributed by atoms with E-state index in [1.807, 2.05) is 54.6 Å². The molecule has 1 amide bonds. The number of carbonyl (C=O) groups excluding carboxylic acids is 1. The van der Waals surface area contributed by atoms with Crippen LogP contribution in [0.5, 0.6) is 0 Å². The number of nitrogens with zero attached hydrogens (tertiary/aromatic N) is 1. The Balaban J connectivity index is 1.55. The lowest BCUT2D eigenvalue weighted by Gasteiger charge is -2.22. The number of benzene rings is 2. The lowest BCUT2D eigenvalue weighted by atomic mass is 10.1. The molecule has 3 rings (SSSR count). The molecule has 0 unspecified atom stereocenters. The molecule has 1 aliphatic heterocycles. The molecule has 2 aromatic rings. The summed E-state index contributed by atoms with van der Waals surface area (Å²) in [6.45, 7) is 2.20. The molecule has 6 heteroatoms. The van der Waals surface area contributed by atoms with E-state index in [4.69, 9.17) is 0 Å². The standard InChI is InChI=1S/C20H24N2O3S/c1-16(20(23)22-14-13-18-11-5-6-12-19(18)22)21-26(24,25)15-7-10-17-8-3-2-4-9-17/h2-6,8-9,11-12,16,21H,7,10,13-15H2,1H3/t16-/m1/s1. The zero-order chi connectivity index (χ0) is 18.6. The van der Waals surface area contributed by atoms with E-state index in [1.54, 1.807) is 11.8 Å². The number of aryl methyl sites for hydroxylation is 1. The molecule has 26 heavy (non-hydrogen) atoms. The van der Waals surface area contributed by atoms with Crippen molar-refractivity contribution in [3.63, 3.8) is 0 Å². The Labute approximate surface area is 155 Å². The van der Waals surface area contributed by atoms with Crippen LogP contribution in [0.25, 0.3) is 0 Å². The Morgan fingerprint density at radius 3 is 2.58 bits per heavy atom. The van der Waals surface area contributed by atoms with Crippen LogP contribution in [0.1, 0.15) is 24.5 Å². The van der Waals surface area contributed by atoms with E-state index in [1.165, 1.54) is 0 Å². The van der Waals surface area contributed by atoms with Crippen LogP contribution in [-0.4, -0.2) is 32.7 Å². The molecule has 2 aromatic carbocycles. The van der Waals surface area contributed by atoms with Gasteiger partial charge in [-0.3, -0.25) is 4.79 Å². The Morgan fingerprint density at radius 2 is 1.81 bits per heavy atom. The summed E-state index contributed by atoms with van der Waals surface area (Å²) < 4.78 is 27.2. The van der Waals surface area contributed by atoms with Gasteiger partial charge in [0.2, 0.25) is 15.9 Å². The van der Waals surface area contributed by atoms with Gasteiger partial charge in [-0.05, 0) is 43.4 Å². The lowest BCUT2D eigenvalue weighted by molar-refractivity contribution is -0.119. The third kappa shape index (κ3) is 4.51. The highest BCUT2D eigenvalue weighted by atomic mass is 32.2. The monoisotopic (exact) mass is 372 g/mol. The summed E-state index contributed by atoms with van der Waals surface area (Å²) in [5, 5.41) is 0. The first-order chi connectivity index (χ1) is 12.5.